The molecule has 1 fully saturated rings. The lowest BCUT2D eigenvalue weighted by atomic mass is 9.96. The highest BCUT2D eigenvalue weighted by Crippen LogP contribution is 2.34. The third kappa shape index (κ3) is 4.26. The number of hydrogen-bond donors (Lipinski definition) is 0. The third-order valence-electron chi connectivity index (χ3n) is 5.80. The molecule has 4 rings (SSSR count). The quantitative estimate of drug-likeness (QED) is 0.531. The van der Waals surface area contributed by atoms with Gasteiger partial charge in [0.2, 0.25) is 0 Å². The monoisotopic (exact) mass is 421 g/mol. The highest BCUT2D eigenvalue weighted by Gasteiger charge is 2.30. The predicted octanol–water partition coefficient (Wildman–Crippen LogP) is 5.22. The van der Waals surface area contributed by atoms with Crippen molar-refractivity contribution in [2.24, 2.45) is 5.92 Å². The number of amides is 1. The first-order chi connectivity index (χ1) is 14.6. The molecule has 0 unspecified atom stereocenters. The Morgan fingerprint density at radius 2 is 1.77 bits per heavy atom. The summed E-state index contributed by atoms with van der Waals surface area (Å²) in [5.74, 6) is -0.143. The summed E-state index contributed by atoms with van der Waals surface area (Å²) < 4.78 is 6.30. The summed E-state index contributed by atoms with van der Waals surface area (Å²) in [5.41, 5.74) is 3.55. The van der Waals surface area contributed by atoms with Crippen LogP contribution >= 0.6 is 11.3 Å². The summed E-state index contributed by atoms with van der Waals surface area (Å²) in [6, 6.07) is 16.8. The number of nitrogens with zero attached hydrogens (tertiary/aromatic N) is 1. The van der Waals surface area contributed by atoms with Crippen molar-refractivity contribution in [1.82, 2.24) is 4.90 Å². The van der Waals surface area contributed by atoms with Gasteiger partial charge in [-0.1, -0.05) is 48.0 Å². The molecule has 1 amide bonds. The molecule has 0 bridgehead atoms. The zero-order chi connectivity index (χ0) is 21.1. The van der Waals surface area contributed by atoms with Gasteiger partial charge in [0.25, 0.3) is 5.91 Å². The smallest absolute Gasteiger partial charge is 0.309 e. The fourth-order valence-electron chi connectivity index (χ4n) is 4.08. The number of carbonyl (C=O) groups excluding carboxylic acids is 2. The van der Waals surface area contributed by atoms with E-state index in [9.17, 15) is 9.59 Å². The van der Waals surface area contributed by atoms with Crippen LogP contribution in [0.15, 0.2) is 48.5 Å². The van der Waals surface area contributed by atoms with Crippen LogP contribution < -0.4 is 0 Å². The number of hydrogen-bond acceptors (Lipinski definition) is 4. The zero-order valence-electron chi connectivity index (χ0n) is 17.5. The lowest BCUT2D eigenvalue weighted by Crippen LogP contribution is -2.40. The van der Waals surface area contributed by atoms with Gasteiger partial charge in [0.1, 0.15) is 0 Å². The average Bonchev–Trinajstić information content (AvgIpc) is 3.13. The minimum absolute atomic E-state index is 0.0839. The molecule has 2 heterocycles. The molecule has 1 aromatic heterocycles. The van der Waals surface area contributed by atoms with Crippen LogP contribution in [0.3, 0.4) is 0 Å². The number of thiophene rings is 1. The summed E-state index contributed by atoms with van der Waals surface area (Å²) in [4.78, 5) is 28.2. The third-order valence-corrected chi connectivity index (χ3v) is 7.00. The Kier molecular flexibility index (Phi) is 6.18. The highest BCUT2D eigenvalue weighted by molar-refractivity contribution is 7.21. The van der Waals surface area contributed by atoms with Crippen molar-refractivity contribution in [2.75, 3.05) is 19.7 Å². The average molecular weight is 422 g/mol. The van der Waals surface area contributed by atoms with Crippen LogP contribution in [0.25, 0.3) is 10.1 Å². The maximum atomic E-state index is 13.5. The number of rotatable bonds is 5. The van der Waals surface area contributed by atoms with Crippen LogP contribution in [0.2, 0.25) is 0 Å². The Labute approximate surface area is 181 Å². The molecule has 0 N–H and O–H groups in total. The predicted molar refractivity (Wildman–Crippen MR) is 121 cm³/mol. The molecule has 0 radical (unpaired) electrons. The fraction of sp³-hybridized carbons (Fsp3) is 0.360. The lowest BCUT2D eigenvalue weighted by Gasteiger charge is -2.30. The van der Waals surface area contributed by atoms with Crippen LogP contribution in [-0.2, 0) is 16.0 Å². The van der Waals surface area contributed by atoms with Crippen LogP contribution in [0, 0.1) is 12.8 Å². The Hall–Kier alpha value is -2.66. The van der Waals surface area contributed by atoms with Gasteiger partial charge in [0.05, 0.1) is 17.4 Å². The number of esters is 1. The summed E-state index contributed by atoms with van der Waals surface area (Å²) >= 11 is 1.58. The van der Waals surface area contributed by atoms with Gasteiger partial charge in [-0.25, -0.2) is 0 Å². The highest BCUT2D eigenvalue weighted by atomic mass is 32.1. The number of benzene rings is 2. The Bertz CT molecular complexity index is 1050. The second-order valence-electron chi connectivity index (χ2n) is 7.89. The van der Waals surface area contributed by atoms with Gasteiger partial charge < -0.3 is 9.64 Å². The molecule has 30 heavy (non-hydrogen) atoms. The molecule has 156 valence electrons. The molecule has 0 saturated carbocycles. The largest absolute Gasteiger partial charge is 0.466 e. The number of aryl methyl sites for hydroxylation is 1. The molecule has 1 aliphatic heterocycles. The molecule has 1 saturated heterocycles. The van der Waals surface area contributed by atoms with E-state index in [1.54, 1.807) is 11.3 Å². The molecule has 0 spiro atoms. The van der Waals surface area contributed by atoms with Crippen LogP contribution in [0.1, 0.15) is 46.1 Å². The van der Waals surface area contributed by atoms with Crippen molar-refractivity contribution in [3.63, 3.8) is 0 Å². The maximum Gasteiger partial charge on any atom is 0.309 e. The minimum atomic E-state index is -0.133. The standard InChI is InChI=1S/C25H27NO3S/c1-3-29-25(28)19-12-14-26(15-13-19)24(27)23-21(16-18-10-8-17(2)9-11-18)20-6-4-5-7-22(20)30-23/h4-11,19H,3,12-16H2,1-2H3. The summed E-state index contributed by atoms with van der Waals surface area (Å²) in [6.07, 6.45) is 2.08. The van der Waals surface area contributed by atoms with E-state index >= 15 is 0 Å². The first-order valence-electron chi connectivity index (χ1n) is 10.6. The molecular weight excluding hydrogens is 394 g/mol. The zero-order valence-corrected chi connectivity index (χ0v) is 18.3. The summed E-state index contributed by atoms with van der Waals surface area (Å²) in [7, 11) is 0. The van der Waals surface area contributed by atoms with Crippen molar-refractivity contribution in [1.29, 1.82) is 0 Å². The van der Waals surface area contributed by atoms with Crippen molar-refractivity contribution < 1.29 is 14.3 Å². The number of piperidine rings is 1. The maximum absolute atomic E-state index is 13.5. The first-order valence-corrected chi connectivity index (χ1v) is 11.4. The Balaban J connectivity index is 1.58. The van der Waals surface area contributed by atoms with Gasteiger partial charge in [0.15, 0.2) is 0 Å². The number of likely N-dealkylation sites (tertiary alicyclic amines) is 1. The molecule has 2 aromatic carbocycles. The fourth-order valence-corrected chi connectivity index (χ4v) is 5.27. The molecule has 1 aliphatic rings. The van der Waals surface area contributed by atoms with Gasteiger partial charge in [-0.3, -0.25) is 9.59 Å². The van der Waals surface area contributed by atoms with Crippen molar-refractivity contribution >= 4 is 33.3 Å². The number of ether oxygens (including phenoxy) is 1. The summed E-state index contributed by atoms with van der Waals surface area (Å²) in [6.45, 7) is 5.51. The van der Waals surface area contributed by atoms with Crippen LogP contribution in [-0.4, -0.2) is 36.5 Å². The van der Waals surface area contributed by atoms with E-state index in [1.807, 2.05) is 24.0 Å². The van der Waals surface area contributed by atoms with Gasteiger partial charge in [-0.2, -0.15) is 0 Å². The molecule has 0 atom stereocenters. The normalized spacial score (nSPS) is 14.8. The summed E-state index contributed by atoms with van der Waals surface area (Å²) in [5, 5.41) is 1.16. The second kappa shape index (κ2) is 9.00. The Morgan fingerprint density at radius 1 is 1.07 bits per heavy atom. The number of fused-ring (bicyclic) bond motifs is 1. The van der Waals surface area contributed by atoms with E-state index in [2.05, 4.69) is 43.3 Å². The van der Waals surface area contributed by atoms with Gasteiger partial charge in [-0.15, -0.1) is 11.3 Å². The molecule has 3 aromatic rings. The van der Waals surface area contributed by atoms with Crippen LogP contribution in [0.4, 0.5) is 0 Å². The van der Waals surface area contributed by atoms with Gasteiger partial charge in [-0.05, 0) is 55.7 Å². The van der Waals surface area contributed by atoms with E-state index in [4.69, 9.17) is 4.74 Å². The van der Waals surface area contributed by atoms with E-state index in [0.717, 1.165) is 26.9 Å². The van der Waals surface area contributed by atoms with E-state index < -0.39 is 0 Å². The van der Waals surface area contributed by atoms with Gasteiger partial charge in [0, 0.05) is 17.8 Å². The first kappa shape index (κ1) is 20.6. The molecule has 4 nitrogen and oxygen atoms in total. The van der Waals surface area contributed by atoms with Crippen molar-refractivity contribution in [3.8, 4) is 0 Å². The SMILES string of the molecule is CCOC(=O)C1CCN(C(=O)c2sc3ccccc3c2Cc2ccc(C)cc2)CC1. The molecule has 0 aliphatic carbocycles. The van der Waals surface area contributed by atoms with Crippen molar-refractivity contribution in [2.45, 2.75) is 33.1 Å². The number of carbonyl (C=O) groups is 2. The molecular formula is C25H27NO3S. The van der Waals surface area contributed by atoms with E-state index in [0.29, 0.717) is 32.5 Å². The van der Waals surface area contributed by atoms with Crippen LogP contribution in [0.5, 0.6) is 0 Å². The van der Waals surface area contributed by atoms with Crippen molar-refractivity contribution in [3.05, 3.63) is 70.1 Å². The Morgan fingerprint density at radius 3 is 2.47 bits per heavy atom. The second-order valence-corrected chi connectivity index (χ2v) is 8.94. The van der Waals surface area contributed by atoms with Gasteiger partial charge >= 0.3 is 5.97 Å². The minimum Gasteiger partial charge on any atom is -0.466 e. The topological polar surface area (TPSA) is 46.6 Å². The van der Waals surface area contributed by atoms with E-state index in [-0.39, 0.29) is 17.8 Å². The lowest BCUT2D eigenvalue weighted by molar-refractivity contribution is -0.149. The molecule has 5 heteroatoms. The van der Waals surface area contributed by atoms with E-state index in [1.165, 1.54) is 11.1 Å².